The average Bonchev–Trinajstić information content (AvgIpc) is 2.77. The zero-order chi connectivity index (χ0) is 24.6. The third-order valence-electron chi connectivity index (χ3n) is 6.46. The number of sulfone groups is 1. The van der Waals surface area contributed by atoms with Crippen LogP contribution in [0.25, 0.3) is 11.1 Å². The number of carbonyl (C=O) groups excluding carboxylic acids is 2. The smallest absolute Gasteiger partial charge is 0.414 e. The number of amides is 2. The summed E-state index contributed by atoms with van der Waals surface area (Å²) in [5.41, 5.74) is 2.12. The van der Waals surface area contributed by atoms with Crippen molar-refractivity contribution >= 4 is 33.2 Å². The lowest BCUT2D eigenvalue weighted by Crippen LogP contribution is -2.52. The van der Waals surface area contributed by atoms with Gasteiger partial charge in [-0.3, -0.25) is 9.69 Å². The van der Waals surface area contributed by atoms with Crippen LogP contribution >= 0.6 is 0 Å². The van der Waals surface area contributed by atoms with E-state index in [-0.39, 0.29) is 29.5 Å². The number of benzene rings is 2. The Hall–Kier alpha value is -2.94. The molecule has 1 atom stereocenters. The van der Waals surface area contributed by atoms with Gasteiger partial charge in [0.2, 0.25) is 5.91 Å². The summed E-state index contributed by atoms with van der Waals surface area (Å²) in [6.07, 6.45) is 5.26. The molecule has 9 heteroatoms. The predicted molar refractivity (Wildman–Crippen MR) is 128 cm³/mol. The Kier molecular flexibility index (Phi) is 6.66. The highest BCUT2D eigenvalue weighted by molar-refractivity contribution is 7.90. The largest absolute Gasteiger partial charge is 0.446 e. The fourth-order valence-electron chi connectivity index (χ4n) is 4.83. The molecule has 1 unspecified atom stereocenters. The Morgan fingerprint density at radius 1 is 1.00 bits per heavy atom. The highest BCUT2D eigenvalue weighted by atomic mass is 32.2. The molecule has 7 nitrogen and oxygen atoms in total. The van der Waals surface area contributed by atoms with Crippen LogP contribution in [0.5, 0.6) is 0 Å². The molecule has 0 spiro atoms. The van der Waals surface area contributed by atoms with Crippen LogP contribution in [0.4, 0.5) is 20.6 Å². The molecule has 1 saturated carbocycles. The van der Waals surface area contributed by atoms with E-state index in [9.17, 15) is 22.4 Å². The number of carbonyl (C=O) groups is 2. The van der Waals surface area contributed by atoms with Gasteiger partial charge in [-0.1, -0.05) is 18.6 Å². The van der Waals surface area contributed by atoms with E-state index < -0.39 is 21.7 Å². The van der Waals surface area contributed by atoms with E-state index >= 15 is 0 Å². The van der Waals surface area contributed by atoms with Gasteiger partial charge in [0, 0.05) is 19.7 Å². The minimum absolute atomic E-state index is 0.119. The first kappa shape index (κ1) is 24.2. The van der Waals surface area contributed by atoms with Gasteiger partial charge in [-0.2, -0.15) is 0 Å². The first-order valence-electron chi connectivity index (χ1n) is 11.5. The quantitative estimate of drug-likeness (QED) is 0.612. The maximum Gasteiger partial charge on any atom is 0.414 e. The monoisotopic (exact) mass is 488 g/mol. The van der Waals surface area contributed by atoms with Crippen molar-refractivity contribution in [1.82, 2.24) is 0 Å². The summed E-state index contributed by atoms with van der Waals surface area (Å²) in [6, 6.07) is 8.85. The van der Waals surface area contributed by atoms with Gasteiger partial charge in [0.25, 0.3) is 0 Å². The van der Waals surface area contributed by atoms with Gasteiger partial charge in [-0.05, 0) is 68.0 Å². The first-order chi connectivity index (χ1) is 16.1. The van der Waals surface area contributed by atoms with Gasteiger partial charge < -0.3 is 9.64 Å². The van der Waals surface area contributed by atoms with Gasteiger partial charge in [-0.15, -0.1) is 0 Å². The number of anilines is 2. The second kappa shape index (κ2) is 9.37. The molecule has 2 aromatic carbocycles. The molecular formula is C25H29FN2O5S. The van der Waals surface area contributed by atoms with Crippen LogP contribution in [0, 0.1) is 5.82 Å². The molecule has 1 aliphatic carbocycles. The van der Waals surface area contributed by atoms with Crippen LogP contribution in [0.2, 0.25) is 0 Å². The lowest BCUT2D eigenvalue weighted by Gasteiger charge is -2.41. The summed E-state index contributed by atoms with van der Waals surface area (Å²) < 4.78 is 43.9. The molecule has 0 radical (unpaired) electrons. The molecule has 0 saturated heterocycles. The lowest BCUT2D eigenvalue weighted by atomic mass is 9.98. The van der Waals surface area contributed by atoms with Crippen molar-refractivity contribution in [3.63, 3.8) is 0 Å². The zero-order valence-corrected chi connectivity index (χ0v) is 20.4. The van der Waals surface area contributed by atoms with Gasteiger partial charge in [0.15, 0.2) is 9.84 Å². The molecule has 0 aromatic heterocycles. The maximum atomic E-state index is 14.5. The summed E-state index contributed by atoms with van der Waals surface area (Å²) in [4.78, 5) is 28.4. The summed E-state index contributed by atoms with van der Waals surface area (Å²) >= 11 is 0. The number of fused-ring (bicyclic) bond motifs is 1. The fourth-order valence-corrected chi connectivity index (χ4v) is 5.56. The van der Waals surface area contributed by atoms with Crippen molar-refractivity contribution in [2.75, 3.05) is 22.6 Å². The van der Waals surface area contributed by atoms with Crippen molar-refractivity contribution in [1.29, 1.82) is 0 Å². The van der Waals surface area contributed by atoms with E-state index in [2.05, 4.69) is 0 Å². The fraction of sp³-hybridized carbons (Fsp3) is 0.440. The Bertz CT molecular complexity index is 1220. The molecule has 1 aliphatic heterocycles. The SMILES string of the molecule is CC(=O)N1c2ccc(-c3ccc(S(C)(=O)=O)c(F)c3)cc2N(C(=O)OC2CCCCC2)CC1C. The Labute approximate surface area is 199 Å². The van der Waals surface area contributed by atoms with E-state index in [1.807, 2.05) is 6.92 Å². The molecule has 2 aliphatic rings. The van der Waals surface area contributed by atoms with E-state index in [0.717, 1.165) is 44.4 Å². The third kappa shape index (κ3) is 4.80. The number of nitrogens with zero attached hydrogens (tertiary/aromatic N) is 2. The van der Waals surface area contributed by atoms with Crippen molar-refractivity contribution in [2.24, 2.45) is 0 Å². The second-order valence-electron chi connectivity index (χ2n) is 9.11. The molecule has 34 heavy (non-hydrogen) atoms. The van der Waals surface area contributed by atoms with Crippen molar-refractivity contribution in [3.8, 4) is 11.1 Å². The highest BCUT2D eigenvalue weighted by Crippen LogP contribution is 2.40. The van der Waals surface area contributed by atoms with E-state index in [0.29, 0.717) is 22.5 Å². The van der Waals surface area contributed by atoms with Crippen LogP contribution in [0.1, 0.15) is 46.0 Å². The molecule has 2 amide bonds. The molecule has 4 rings (SSSR count). The van der Waals surface area contributed by atoms with Crippen LogP contribution in [0.15, 0.2) is 41.3 Å². The van der Waals surface area contributed by atoms with Crippen LogP contribution in [-0.4, -0.2) is 45.4 Å². The van der Waals surface area contributed by atoms with E-state index in [1.54, 1.807) is 28.0 Å². The molecule has 1 fully saturated rings. The molecule has 2 aromatic rings. The molecule has 182 valence electrons. The summed E-state index contributed by atoms with van der Waals surface area (Å²) in [5, 5.41) is 0. The van der Waals surface area contributed by atoms with E-state index in [4.69, 9.17) is 4.74 Å². The standard InChI is InChI=1S/C25H29FN2O5S/c1-16-15-27(25(30)33-20-7-5-4-6-8-20)23-14-19(9-11-22(23)28(16)17(2)29)18-10-12-24(21(26)13-18)34(3,31)32/h9-14,16,20H,4-8,15H2,1-3H3. The molecule has 0 N–H and O–H groups in total. The Morgan fingerprint density at radius 3 is 2.26 bits per heavy atom. The van der Waals surface area contributed by atoms with Crippen LogP contribution in [-0.2, 0) is 19.4 Å². The Morgan fingerprint density at radius 2 is 1.65 bits per heavy atom. The minimum atomic E-state index is -3.69. The predicted octanol–water partition coefficient (Wildman–Crippen LogP) is 4.93. The van der Waals surface area contributed by atoms with Gasteiger partial charge in [0.05, 0.1) is 17.4 Å². The number of hydrogen-bond donors (Lipinski definition) is 0. The number of hydrogen-bond acceptors (Lipinski definition) is 5. The molecule has 1 heterocycles. The number of rotatable bonds is 3. The normalized spacial score (nSPS) is 19.0. The topological polar surface area (TPSA) is 84.0 Å². The first-order valence-corrected chi connectivity index (χ1v) is 13.4. The van der Waals surface area contributed by atoms with Crippen molar-refractivity contribution in [2.45, 2.75) is 63.0 Å². The van der Waals surface area contributed by atoms with Crippen LogP contribution in [0.3, 0.4) is 0 Å². The summed E-state index contributed by atoms with van der Waals surface area (Å²) in [6.45, 7) is 3.62. The Balaban J connectivity index is 1.73. The second-order valence-corrected chi connectivity index (χ2v) is 11.1. The molecular weight excluding hydrogens is 459 g/mol. The van der Waals surface area contributed by atoms with Crippen LogP contribution < -0.4 is 9.80 Å². The summed E-state index contributed by atoms with van der Waals surface area (Å²) in [7, 11) is -3.69. The zero-order valence-electron chi connectivity index (χ0n) is 19.6. The van der Waals surface area contributed by atoms with Gasteiger partial charge in [-0.25, -0.2) is 17.6 Å². The summed E-state index contributed by atoms with van der Waals surface area (Å²) in [5.74, 6) is -0.990. The minimum Gasteiger partial charge on any atom is -0.446 e. The van der Waals surface area contributed by atoms with E-state index in [1.165, 1.54) is 19.1 Å². The van der Waals surface area contributed by atoms with Crippen molar-refractivity contribution < 1.29 is 27.1 Å². The van der Waals surface area contributed by atoms with Gasteiger partial charge >= 0.3 is 6.09 Å². The van der Waals surface area contributed by atoms with Gasteiger partial charge in [0.1, 0.15) is 16.8 Å². The lowest BCUT2D eigenvalue weighted by molar-refractivity contribution is -0.117. The maximum absolute atomic E-state index is 14.5. The average molecular weight is 489 g/mol. The number of halogens is 1. The van der Waals surface area contributed by atoms with Crippen molar-refractivity contribution in [3.05, 3.63) is 42.2 Å². The molecule has 0 bridgehead atoms. The third-order valence-corrected chi connectivity index (χ3v) is 7.59. The highest BCUT2D eigenvalue weighted by Gasteiger charge is 2.35. The number of ether oxygens (including phenoxy) is 1.